The molecule has 0 aliphatic carbocycles. The van der Waals surface area contributed by atoms with Crippen molar-refractivity contribution in [3.63, 3.8) is 0 Å². The Bertz CT molecular complexity index is 176. The van der Waals surface area contributed by atoms with Crippen LogP contribution in [-0.4, -0.2) is 6.61 Å². The molecule has 23 heavy (non-hydrogen) atoms. The minimum atomic E-state index is 0.721. The Labute approximate surface area is 146 Å². The third kappa shape index (κ3) is 21.9. The molecule has 2 heteroatoms. The Hall–Kier alpha value is -0.0800. The number of hydrogen-bond acceptors (Lipinski definition) is 2. The summed E-state index contributed by atoms with van der Waals surface area (Å²) >= 11 is 0. The standard InChI is InChI=1S/C21H45NO/c1-2-3-4-5-6-7-8-9-10-11-12-13-14-15-16-17-18-19-20-21-23-22/h2-22H2,1H3. The highest BCUT2D eigenvalue weighted by Crippen LogP contribution is 2.14. The molecule has 2 N–H and O–H groups in total. The second-order valence-corrected chi connectivity index (χ2v) is 7.23. The molecule has 2 nitrogen and oxygen atoms in total. The predicted molar refractivity (Wildman–Crippen MR) is 104 cm³/mol. The fourth-order valence-corrected chi connectivity index (χ4v) is 3.26. The van der Waals surface area contributed by atoms with E-state index in [1.807, 2.05) is 0 Å². The van der Waals surface area contributed by atoms with E-state index in [0.29, 0.717) is 0 Å². The van der Waals surface area contributed by atoms with Crippen molar-refractivity contribution in [1.82, 2.24) is 0 Å². The third-order valence-electron chi connectivity index (χ3n) is 4.87. The van der Waals surface area contributed by atoms with E-state index in [0.717, 1.165) is 13.0 Å². The molecule has 0 fully saturated rings. The molecule has 0 aromatic carbocycles. The second-order valence-electron chi connectivity index (χ2n) is 7.23. The van der Waals surface area contributed by atoms with Crippen LogP contribution in [0.25, 0.3) is 0 Å². The van der Waals surface area contributed by atoms with Gasteiger partial charge in [0.05, 0.1) is 6.61 Å². The van der Waals surface area contributed by atoms with Crippen LogP contribution in [-0.2, 0) is 4.84 Å². The Balaban J connectivity index is 2.92. The zero-order chi connectivity index (χ0) is 16.8. The Morgan fingerprint density at radius 1 is 0.435 bits per heavy atom. The highest BCUT2D eigenvalue weighted by molar-refractivity contribution is 4.50. The van der Waals surface area contributed by atoms with Gasteiger partial charge in [0, 0.05) is 0 Å². The van der Waals surface area contributed by atoms with Gasteiger partial charge in [-0.1, -0.05) is 122 Å². The van der Waals surface area contributed by atoms with E-state index in [1.54, 1.807) is 0 Å². The topological polar surface area (TPSA) is 35.2 Å². The SMILES string of the molecule is CCCCCCCCCCCCCCCCCCCCCON. The summed E-state index contributed by atoms with van der Waals surface area (Å²) in [5.41, 5.74) is 0. The molecule has 140 valence electrons. The van der Waals surface area contributed by atoms with Crippen LogP contribution in [0, 0.1) is 0 Å². The van der Waals surface area contributed by atoms with Crippen LogP contribution in [0.3, 0.4) is 0 Å². The van der Waals surface area contributed by atoms with Gasteiger partial charge in [-0.2, -0.15) is 0 Å². The number of rotatable bonds is 20. The Kier molecular flexibility index (Phi) is 21.8. The molecule has 0 aromatic heterocycles. The molecule has 0 spiro atoms. The first kappa shape index (κ1) is 22.9. The number of nitrogens with two attached hydrogens (primary N) is 1. The smallest absolute Gasteiger partial charge is 0.0679 e. The highest BCUT2D eigenvalue weighted by Gasteiger charge is 1.95. The van der Waals surface area contributed by atoms with Gasteiger partial charge in [0.2, 0.25) is 0 Å². The highest BCUT2D eigenvalue weighted by atomic mass is 16.6. The lowest BCUT2D eigenvalue weighted by atomic mass is 10.0. The van der Waals surface area contributed by atoms with E-state index in [9.17, 15) is 0 Å². The molecule has 0 aliphatic rings. The van der Waals surface area contributed by atoms with Gasteiger partial charge in [-0.15, -0.1) is 0 Å². The zero-order valence-corrected chi connectivity index (χ0v) is 16.1. The second kappa shape index (κ2) is 21.9. The molecule has 0 aromatic rings. The molecule has 0 unspecified atom stereocenters. The van der Waals surface area contributed by atoms with E-state index in [4.69, 9.17) is 5.90 Å². The van der Waals surface area contributed by atoms with Crippen LogP contribution < -0.4 is 5.90 Å². The molecule has 0 saturated heterocycles. The van der Waals surface area contributed by atoms with Crippen molar-refractivity contribution >= 4 is 0 Å². The molecule has 0 aliphatic heterocycles. The van der Waals surface area contributed by atoms with Crippen LogP contribution in [0.2, 0.25) is 0 Å². The molecule has 0 radical (unpaired) electrons. The average molecular weight is 328 g/mol. The van der Waals surface area contributed by atoms with Crippen molar-refractivity contribution in [2.75, 3.05) is 6.61 Å². The van der Waals surface area contributed by atoms with Crippen LogP contribution in [0.5, 0.6) is 0 Å². The summed E-state index contributed by atoms with van der Waals surface area (Å²) in [4.78, 5) is 4.57. The summed E-state index contributed by atoms with van der Waals surface area (Å²) < 4.78 is 0. The fourth-order valence-electron chi connectivity index (χ4n) is 3.26. The van der Waals surface area contributed by atoms with Crippen molar-refractivity contribution in [2.45, 2.75) is 129 Å². The van der Waals surface area contributed by atoms with Gasteiger partial charge in [-0.05, 0) is 6.42 Å². The van der Waals surface area contributed by atoms with Gasteiger partial charge in [-0.3, -0.25) is 0 Å². The zero-order valence-electron chi connectivity index (χ0n) is 16.1. The summed E-state index contributed by atoms with van der Waals surface area (Å²) in [6.07, 6.45) is 26.9. The Morgan fingerprint density at radius 2 is 0.696 bits per heavy atom. The summed E-state index contributed by atoms with van der Waals surface area (Å²) in [7, 11) is 0. The average Bonchev–Trinajstić information content (AvgIpc) is 2.57. The largest absolute Gasteiger partial charge is 0.305 e. The van der Waals surface area contributed by atoms with Gasteiger partial charge >= 0.3 is 0 Å². The molecule has 0 rings (SSSR count). The molecular weight excluding hydrogens is 282 g/mol. The quantitative estimate of drug-likeness (QED) is 0.188. The van der Waals surface area contributed by atoms with E-state index >= 15 is 0 Å². The van der Waals surface area contributed by atoms with Crippen LogP contribution in [0.4, 0.5) is 0 Å². The molecule has 0 atom stereocenters. The van der Waals surface area contributed by atoms with E-state index in [1.165, 1.54) is 116 Å². The van der Waals surface area contributed by atoms with E-state index in [-0.39, 0.29) is 0 Å². The van der Waals surface area contributed by atoms with Crippen molar-refractivity contribution in [3.05, 3.63) is 0 Å². The van der Waals surface area contributed by atoms with Gasteiger partial charge in [0.15, 0.2) is 0 Å². The van der Waals surface area contributed by atoms with Gasteiger partial charge < -0.3 is 4.84 Å². The lowest BCUT2D eigenvalue weighted by Crippen LogP contribution is -2.00. The Morgan fingerprint density at radius 3 is 0.957 bits per heavy atom. The predicted octanol–water partition coefficient (Wildman–Crippen LogP) is 7.31. The van der Waals surface area contributed by atoms with Crippen LogP contribution >= 0.6 is 0 Å². The summed E-state index contributed by atoms with van der Waals surface area (Å²) in [5, 5.41) is 0. The minimum Gasteiger partial charge on any atom is -0.305 e. The van der Waals surface area contributed by atoms with Gasteiger partial charge in [0.1, 0.15) is 0 Å². The summed E-state index contributed by atoms with van der Waals surface area (Å²) in [6, 6.07) is 0. The van der Waals surface area contributed by atoms with Crippen molar-refractivity contribution in [2.24, 2.45) is 5.90 Å². The van der Waals surface area contributed by atoms with Gasteiger partial charge in [-0.25, -0.2) is 5.90 Å². The number of unbranched alkanes of at least 4 members (excludes halogenated alkanes) is 18. The summed E-state index contributed by atoms with van der Waals surface area (Å²) in [6.45, 7) is 3.01. The van der Waals surface area contributed by atoms with Crippen molar-refractivity contribution in [1.29, 1.82) is 0 Å². The maximum absolute atomic E-state index is 5.01. The minimum absolute atomic E-state index is 0.721. The lowest BCUT2D eigenvalue weighted by molar-refractivity contribution is 0.133. The fraction of sp³-hybridized carbons (Fsp3) is 1.00. The monoisotopic (exact) mass is 327 g/mol. The van der Waals surface area contributed by atoms with E-state index in [2.05, 4.69) is 11.8 Å². The van der Waals surface area contributed by atoms with Crippen LogP contribution in [0.1, 0.15) is 129 Å². The number of hydrogen-bond donors (Lipinski definition) is 1. The molecule has 0 saturated carbocycles. The first-order chi connectivity index (χ1) is 11.4. The van der Waals surface area contributed by atoms with Crippen molar-refractivity contribution in [3.8, 4) is 0 Å². The first-order valence-corrected chi connectivity index (χ1v) is 10.7. The normalized spacial score (nSPS) is 11.2. The molecule has 0 heterocycles. The summed E-state index contributed by atoms with van der Waals surface area (Å²) in [5.74, 6) is 5.01. The molecule has 0 amide bonds. The van der Waals surface area contributed by atoms with Crippen molar-refractivity contribution < 1.29 is 4.84 Å². The van der Waals surface area contributed by atoms with Crippen LogP contribution in [0.15, 0.2) is 0 Å². The van der Waals surface area contributed by atoms with Gasteiger partial charge in [0.25, 0.3) is 0 Å². The maximum Gasteiger partial charge on any atom is 0.0679 e. The third-order valence-corrected chi connectivity index (χ3v) is 4.87. The lowest BCUT2D eigenvalue weighted by Gasteiger charge is -2.04. The molecular formula is C21H45NO. The first-order valence-electron chi connectivity index (χ1n) is 10.7. The van der Waals surface area contributed by atoms with E-state index < -0.39 is 0 Å². The maximum atomic E-state index is 5.01. The molecule has 0 bridgehead atoms.